The van der Waals surface area contributed by atoms with Crippen LogP contribution in [0, 0.1) is 0 Å². The summed E-state index contributed by atoms with van der Waals surface area (Å²) in [4.78, 5) is 27.2. The van der Waals surface area contributed by atoms with E-state index in [0.29, 0.717) is 19.0 Å². The molecule has 3 rings (SSSR count). The molecule has 1 saturated heterocycles. The molecule has 1 aliphatic rings. The second-order valence-electron chi connectivity index (χ2n) is 6.33. The van der Waals surface area contributed by atoms with E-state index in [1.54, 1.807) is 29.4 Å². The van der Waals surface area contributed by atoms with E-state index in [0.717, 1.165) is 29.0 Å². The molecule has 0 aliphatic carbocycles. The van der Waals surface area contributed by atoms with Gasteiger partial charge in [0.25, 0.3) is 5.56 Å². The minimum absolute atomic E-state index is 0.0198. The summed E-state index contributed by atoms with van der Waals surface area (Å²) in [5.74, 6) is 0.345. The Morgan fingerprint density at radius 2 is 1.96 bits per heavy atom. The van der Waals surface area contributed by atoms with Crippen molar-refractivity contribution in [2.75, 3.05) is 24.7 Å². The first-order valence-electron chi connectivity index (χ1n) is 8.43. The largest absolute Gasteiger partial charge is 0.324 e. The molecule has 2 heterocycles. The van der Waals surface area contributed by atoms with E-state index >= 15 is 0 Å². The Morgan fingerprint density at radius 3 is 2.64 bits per heavy atom. The van der Waals surface area contributed by atoms with Crippen LogP contribution < -0.4 is 10.9 Å². The lowest BCUT2D eigenvalue weighted by molar-refractivity contribution is 0.194. The normalized spacial score (nSPS) is 15.2. The maximum Gasteiger partial charge on any atom is 0.321 e. The number of amides is 2. The van der Waals surface area contributed by atoms with Crippen LogP contribution in [0.25, 0.3) is 0 Å². The summed E-state index contributed by atoms with van der Waals surface area (Å²) in [5.41, 5.74) is 1.92. The zero-order chi connectivity index (χ0) is 17.8. The van der Waals surface area contributed by atoms with E-state index in [1.165, 1.54) is 0 Å². The van der Waals surface area contributed by atoms with Gasteiger partial charge in [0.15, 0.2) is 0 Å². The van der Waals surface area contributed by atoms with Gasteiger partial charge in [-0.3, -0.25) is 4.79 Å². The summed E-state index contributed by atoms with van der Waals surface area (Å²) in [7, 11) is 1.76. The lowest BCUT2D eigenvalue weighted by atomic mass is 9.90. The van der Waals surface area contributed by atoms with Crippen molar-refractivity contribution >= 4 is 23.5 Å². The highest BCUT2D eigenvalue weighted by atomic mass is 32.2. The summed E-state index contributed by atoms with van der Waals surface area (Å²) in [6.45, 7) is 1.40. The number of benzene rings is 1. The number of hydrogen-bond donors (Lipinski definition) is 1. The summed E-state index contributed by atoms with van der Waals surface area (Å²) in [6.07, 6.45) is 5.59. The van der Waals surface area contributed by atoms with Crippen molar-refractivity contribution in [2.24, 2.45) is 7.05 Å². The number of urea groups is 1. The average molecular weight is 357 g/mol. The number of thioether (sulfide) groups is 1. The first-order valence-corrected chi connectivity index (χ1v) is 9.66. The topological polar surface area (TPSA) is 54.3 Å². The molecule has 1 aromatic carbocycles. The van der Waals surface area contributed by atoms with E-state index in [-0.39, 0.29) is 11.6 Å². The number of nitrogens with zero attached hydrogens (tertiary/aromatic N) is 2. The lowest BCUT2D eigenvalue weighted by Crippen LogP contribution is -2.40. The molecule has 0 bridgehead atoms. The Bertz CT molecular complexity index is 810. The molecule has 6 heteroatoms. The highest BCUT2D eigenvalue weighted by Crippen LogP contribution is 2.27. The Kier molecular flexibility index (Phi) is 5.48. The number of carbonyl (C=O) groups excluding carboxylic acids is 1. The zero-order valence-corrected chi connectivity index (χ0v) is 15.4. The third kappa shape index (κ3) is 4.25. The third-order valence-electron chi connectivity index (χ3n) is 4.70. The van der Waals surface area contributed by atoms with Crippen LogP contribution in [-0.4, -0.2) is 34.8 Å². The Balaban J connectivity index is 1.58. The molecule has 0 atom stereocenters. The third-order valence-corrected chi connectivity index (χ3v) is 5.43. The van der Waals surface area contributed by atoms with Crippen LogP contribution in [0.4, 0.5) is 10.5 Å². The van der Waals surface area contributed by atoms with Gasteiger partial charge in [-0.15, -0.1) is 11.8 Å². The van der Waals surface area contributed by atoms with Gasteiger partial charge in [0, 0.05) is 43.0 Å². The number of piperidine rings is 1. The molecule has 132 valence electrons. The van der Waals surface area contributed by atoms with Crippen molar-refractivity contribution in [1.82, 2.24) is 9.47 Å². The van der Waals surface area contributed by atoms with Crippen molar-refractivity contribution in [2.45, 2.75) is 23.7 Å². The number of anilines is 1. The molecule has 0 radical (unpaired) electrons. The van der Waals surface area contributed by atoms with E-state index in [2.05, 4.69) is 5.32 Å². The van der Waals surface area contributed by atoms with Gasteiger partial charge >= 0.3 is 6.03 Å². The minimum Gasteiger partial charge on any atom is -0.324 e. The number of aryl methyl sites for hydroxylation is 1. The predicted octanol–water partition coefficient (Wildman–Crippen LogP) is 3.52. The van der Waals surface area contributed by atoms with Gasteiger partial charge in [-0.05, 0) is 54.8 Å². The molecule has 25 heavy (non-hydrogen) atoms. The maximum absolute atomic E-state index is 12.5. The van der Waals surface area contributed by atoms with Crippen LogP contribution in [0.3, 0.4) is 0 Å². The number of nitrogens with one attached hydrogen (secondary N) is 1. The summed E-state index contributed by atoms with van der Waals surface area (Å²) in [5, 5.41) is 2.98. The van der Waals surface area contributed by atoms with Gasteiger partial charge in [0.05, 0.1) is 0 Å². The van der Waals surface area contributed by atoms with Crippen LogP contribution in [0.5, 0.6) is 0 Å². The van der Waals surface area contributed by atoms with E-state index < -0.39 is 0 Å². The van der Waals surface area contributed by atoms with E-state index in [9.17, 15) is 9.59 Å². The van der Waals surface area contributed by atoms with Gasteiger partial charge in [-0.2, -0.15) is 0 Å². The molecule has 1 aromatic heterocycles. The van der Waals surface area contributed by atoms with Crippen LogP contribution in [0.2, 0.25) is 0 Å². The van der Waals surface area contributed by atoms with Crippen LogP contribution in [0.15, 0.2) is 52.3 Å². The number of hydrogen-bond acceptors (Lipinski definition) is 3. The van der Waals surface area contributed by atoms with Gasteiger partial charge in [0.2, 0.25) is 0 Å². The number of aromatic nitrogens is 1. The fraction of sp³-hybridized carbons (Fsp3) is 0.368. The molecular weight excluding hydrogens is 334 g/mol. The van der Waals surface area contributed by atoms with Crippen molar-refractivity contribution in [3.63, 3.8) is 0 Å². The Labute approximate surface area is 152 Å². The predicted molar refractivity (Wildman–Crippen MR) is 102 cm³/mol. The SMILES string of the molecule is CSc1cccc(NC(=O)N2CCC(c3ccn(C)c(=O)c3)CC2)c1. The molecular formula is C19H23N3O2S. The molecule has 0 saturated carbocycles. The Morgan fingerprint density at radius 1 is 1.20 bits per heavy atom. The van der Waals surface area contributed by atoms with E-state index in [1.807, 2.05) is 47.7 Å². The van der Waals surface area contributed by atoms with Crippen LogP contribution in [-0.2, 0) is 7.05 Å². The van der Waals surface area contributed by atoms with Gasteiger partial charge in [0.1, 0.15) is 0 Å². The second-order valence-corrected chi connectivity index (χ2v) is 7.21. The van der Waals surface area contributed by atoms with Gasteiger partial charge in [-0.25, -0.2) is 4.79 Å². The molecule has 2 amide bonds. The number of pyridine rings is 1. The van der Waals surface area contributed by atoms with Crippen molar-refractivity contribution in [3.05, 3.63) is 58.5 Å². The second kappa shape index (κ2) is 7.78. The van der Waals surface area contributed by atoms with E-state index in [4.69, 9.17) is 0 Å². The molecule has 1 N–H and O–H groups in total. The first kappa shape index (κ1) is 17.6. The monoisotopic (exact) mass is 357 g/mol. The highest BCUT2D eigenvalue weighted by molar-refractivity contribution is 7.98. The van der Waals surface area contributed by atoms with Crippen LogP contribution >= 0.6 is 11.8 Å². The number of rotatable bonds is 3. The fourth-order valence-corrected chi connectivity index (χ4v) is 3.60. The minimum atomic E-state index is -0.0549. The van der Waals surface area contributed by atoms with Crippen molar-refractivity contribution in [3.8, 4) is 0 Å². The Hall–Kier alpha value is -2.21. The molecule has 1 fully saturated rings. The number of likely N-dealkylation sites (tertiary alicyclic amines) is 1. The molecule has 2 aromatic rings. The lowest BCUT2D eigenvalue weighted by Gasteiger charge is -2.32. The zero-order valence-electron chi connectivity index (χ0n) is 14.6. The molecule has 0 unspecified atom stereocenters. The van der Waals surface area contributed by atoms with Gasteiger partial charge in [-0.1, -0.05) is 6.07 Å². The fourth-order valence-electron chi connectivity index (χ4n) is 3.14. The van der Waals surface area contributed by atoms with Crippen LogP contribution in [0.1, 0.15) is 24.3 Å². The standard InChI is InChI=1S/C19H23N3O2S/c1-21-9-6-15(12-18(21)23)14-7-10-22(11-8-14)19(24)20-16-4-3-5-17(13-16)25-2/h3-6,9,12-14H,7-8,10-11H2,1-2H3,(H,20,24). The molecule has 5 nitrogen and oxygen atoms in total. The molecule has 1 aliphatic heterocycles. The summed E-state index contributed by atoms with van der Waals surface area (Å²) < 4.78 is 1.58. The average Bonchev–Trinajstić information content (AvgIpc) is 2.64. The van der Waals surface area contributed by atoms with Crippen molar-refractivity contribution in [1.29, 1.82) is 0 Å². The first-order chi connectivity index (χ1) is 12.1. The highest BCUT2D eigenvalue weighted by Gasteiger charge is 2.24. The molecule has 0 spiro atoms. The maximum atomic E-state index is 12.5. The van der Waals surface area contributed by atoms with Gasteiger partial charge < -0.3 is 14.8 Å². The summed E-state index contributed by atoms with van der Waals surface area (Å²) >= 11 is 1.65. The number of carbonyl (C=O) groups is 1. The smallest absolute Gasteiger partial charge is 0.321 e. The summed E-state index contributed by atoms with van der Waals surface area (Å²) in [6, 6.07) is 11.5. The van der Waals surface area contributed by atoms with Crippen molar-refractivity contribution < 1.29 is 4.79 Å². The quantitative estimate of drug-likeness (QED) is 0.855.